The number of nitrogens with zero attached hydrogens (tertiary/aromatic N) is 4. The predicted octanol–water partition coefficient (Wildman–Crippen LogP) is 1.38. The highest BCUT2D eigenvalue weighted by molar-refractivity contribution is 5.91. The van der Waals surface area contributed by atoms with Crippen LogP contribution < -0.4 is 5.32 Å². The minimum Gasteiger partial charge on any atom is -0.331 e. The van der Waals surface area contributed by atoms with E-state index in [2.05, 4.69) is 15.3 Å². The summed E-state index contributed by atoms with van der Waals surface area (Å²) in [7, 11) is 0. The Balaban J connectivity index is 1.70. The summed E-state index contributed by atoms with van der Waals surface area (Å²) in [4.78, 5) is 34.0. The highest BCUT2D eigenvalue weighted by Gasteiger charge is 2.27. The molecule has 7 nitrogen and oxygen atoms in total. The van der Waals surface area contributed by atoms with Gasteiger partial charge in [0, 0.05) is 32.4 Å². The Labute approximate surface area is 134 Å². The molecule has 0 unspecified atom stereocenters. The maximum absolute atomic E-state index is 12.1. The van der Waals surface area contributed by atoms with Gasteiger partial charge in [0.1, 0.15) is 5.82 Å². The Morgan fingerprint density at radius 2 is 2.22 bits per heavy atom. The number of fused-ring (bicyclic) bond motifs is 1. The number of hydrogen-bond donors (Lipinski definition) is 1. The lowest BCUT2D eigenvalue weighted by Crippen LogP contribution is -2.39. The van der Waals surface area contributed by atoms with Crippen molar-refractivity contribution in [1.82, 2.24) is 19.4 Å². The molecule has 0 spiro atoms. The zero-order valence-electron chi connectivity index (χ0n) is 13.2. The standard InChI is InChI=1S/C16H19N5O2/c1-11-16-19-14(10-20(16)6-7-21(11)12(2)22)8-15(23)18-13-4-3-5-17-9-13/h3-5,9-11H,6-8H2,1-2H3,(H,18,23)/t11-/m1/s1. The van der Waals surface area contributed by atoms with Gasteiger partial charge in [-0.05, 0) is 19.1 Å². The third kappa shape index (κ3) is 3.23. The monoisotopic (exact) mass is 313 g/mol. The molecule has 0 bridgehead atoms. The Morgan fingerprint density at radius 3 is 2.91 bits per heavy atom. The van der Waals surface area contributed by atoms with E-state index in [4.69, 9.17) is 0 Å². The van der Waals surface area contributed by atoms with Gasteiger partial charge in [0.05, 0.1) is 30.0 Å². The maximum atomic E-state index is 12.1. The number of amides is 2. The van der Waals surface area contributed by atoms with Gasteiger partial charge in [-0.1, -0.05) is 0 Å². The first kappa shape index (κ1) is 15.2. The summed E-state index contributed by atoms with van der Waals surface area (Å²) in [6.45, 7) is 4.90. The average Bonchev–Trinajstić information content (AvgIpc) is 2.91. The molecule has 7 heteroatoms. The molecule has 23 heavy (non-hydrogen) atoms. The summed E-state index contributed by atoms with van der Waals surface area (Å²) in [6.07, 6.45) is 5.35. The quantitative estimate of drug-likeness (QED) is 0.928. The molecule has 0 saturated carbocycles. The Bertz CT molecular complexity index is 725. The van der Waals surface area contributed by atoms with Crippen LogP contribution in [0.2, 0.25) is 0 Å². The maximum Gasteiger partial charge on any atom is 0.230 e. The zero-order valence-corrected chi connectivity index (χ0v) is 13.2. The molecular formula is C16H19N5O2. The number of anilines is 1. The lowest BCUT2D eigenvalue weighted by molar-refractivity contribution is -0.132. The van der Waals surface area contributed by atoms with E-state index in [1.54, 1.807) is 36.4 Å². The molecule has 1 N–H and O–H groups in total. The van der Waals surface area contributed by atoms with E-state index >= 15 is 0 Å². The molecule has 1 atom stereocenters. The minimum absolute atomic E-state index is 0.0441. The molecular weight excluding hydrogens is 294 g/mol. The number of pyridine rings is 1. The van der Waals surface area contributed by atoms with Crippen LogP contribution in [-0.4, -0.2) is 37.8 Å². The van der Waals surface area contributed by atoms with Crippen molar-refractivity contribution in [3.05, 3.63) is 42.2 Å². The van der Waals surface area contributed by atoms with E-state index in [1.807, 2.05) is 17.7 Å². The second kappa shape index (κ2) is 6.20. The number of aromatic nitrogens is 3. The number of carbonyl (C=O) groups excluding carboxylic acids is 2. The minimum atomic E-state index is -0.135. The average molecular weight is 313 g/mol. The summed E-state index contributed by atoms with van der Waals surface area (Å²) in [6, 6.07) is 3.48. The van der Waals surface area contributed by atoms with E-state index < -0.39 is 0 Å². The van der Waals surface area contributed by atoms with E-state index in [1.165, 1.54) is 0 Å². The van der Waals surface area contributed by atoms with Crippen LogP contribution >= 0.6 is 0 Å². The van der Waals surface area contributed by atoms with Gasteiger partial charge in [-0.15, -0.1) is 0 Å². The smallest absolute Gasteiger partial charge is 0.230 e. The Morgan fingerprint density at radius 1 is 1.39 bits per heavy atom. The SMILES string of the molecule is CC(=O)N1CCn2cc(CC(=O)Nc3cccnc3)nc2[C@H]1C. The van der Waals surface area contributed by atoms with Gasteiger partial charge in [-0.3, -0.25) is 14.6 Å². The third-order valence-electron chi connectivity index (χ3n) is 3.97. The van der Waals surface area contributed by atoms with Crippen molar-refractivity contribution in [1.29, 1.82) is 0 Å². The van der Waals surface area contributed by atoms with Crippen molar-refractivity contribution in [2.45, 2.75) is 32.9 Å². The van der Waals surface area contributed by atoms with Gasteiger partial charge in [-0.25, -0.2) is 4.98 Å². The molecule has 2 aromatic heterocycles. The van der Waals surface area contributed by atoms with Crippen molar-refractivity contribution in [3.63, 3.8) is 0 Å². The van der Waals surface area contributed by atoms with Crippen molar-refractivity contribution in [2.75, 3.05) is 11.9 Å². The van der Waals surface area contributed by atoms with Crippen molar-refractivity contribution in [3.8, 4) is 0 Å². The number of hydrogen-bond acceptors (Lipinski definition) is 4. The lowest BCUT2D eigenvalue weighted by atomic mass is 10.2. The van der Waals surface area contributed by atoms with E-state index in [9.17, 15) is 9.59 Å². The van der Waals surface area contributed by atoms with Crippen LogP contribution in [0.3, 0.4) is 0 Å². The van der Waals surface area contributed by atoms with E-state index in [0.717, 1.165) is 5.82 Å². The molecule has 0 aromatic carbocycles. The van der Waals surface area contributed by atoms with Gasteiger partial charge in [0.25, 0.3) is 0 Å². The number of carbonyl (C=O) groups is 2. The second-order valence-corrected chi connectivity index (χ2v) is 5.64. The van der Waals surface area contributed by atoms with E-state index in [-0.39, 0.29) is 24.3 Å². The van der Waals surface area contributed by atoms with Gasteiger partial charge in [0.2, 0.25) is 11.8 Å². The van der Waals surface area contributed by atoms with Crippen LogP contribution in [0.5, 0.6) is 0 Å². The second-order valence-electron chi connectivity index (χ2n) is 5.64. The largest absolute Gasteiger partial charge is 0.331 e. The van der Waals surface area contributed by atoms with Crippen LogP contribution in [0.4, 0.5) is 5.69 Å². The highest BCUT2D eigenvalue weighted by Crippen LogP contribution is 2.24. The molecule has 1 aliphatic rings. The fraction of sp³-hybridized carbons (Fsp3) is 0.375. The van der Waals surface area contributed by atoms with Crippen molar-refractivity contribution >= 4 is 17.5 Å². The molecule has 2 amide bonds. The van der Waals surface area contributed by atoms with Crippen molar-refractivity contribution in [2.24, 2.45) is 0 Å². The van der Waals surface area contributed by atoms with Crippen LogP contribution in [0.25, 0.3) is 0 Å². The molecule has 0 fully saturated rings. The summed E-state index contributed by atoms with van der Waals surface area (Å²) in [5, 5.41) is 2.79. The molecule has 2 aromatic rings. The summed E-state index contributed by atoms with van der Waals surface area (Å²) in [5.74, 6) is 0.739. The highest BCUT2D eigenvalue weighted by atomic mass is 16.2. The number of nitrogens with one attached hydrogen (secondary N) is 1. The first-order valence-electron chi connectivity index (χ1n) is 7.57. The first-order valence-corrected chi connectivity index (χ1v) is 7.57. The van der Waals surface area contributed by atoms with Gasteiger partial charge in [-0.2, -0.15) is 0 Å². The first-order chi connectivity index (χ1) is 11.0. The lowest BCUT2D eigenvalue weighted by Gasteiger charge is -2.32. The number of imidazole rings is 1. The van der Waals surface area contributed by atoms with Crippen LogP contribution in [0, 0.1) is 0 Å². The van der Waals surface area contributed by atoms with Crippen LogP contribution in [0.15, 0.2) is 30.7 Å². The van der Waals surface area contributed by atoms with Gasteiger partial charge < -0.3 is 14.8 Å². The normalized spacial score (nSPS) is 16.8. The fourth-order valence-electron chi connectivity index (χ4n) is 2.87. The van der Waals surface area contributed by atoms with Crippen LogP contribution in [0.1, 0.15) is 31.4 Å². The zero-order chi connectivity index (χ0) is 16.4. The predicted molar refractivity (Wildman–Crippen MR) is 84.6 cm³/mol. The fourth-order valence-corrected chi connectivity index (χ4v) is 2.87. The molecule has 0 radical (unpaired) electrons. The van der Waals surface area contributed by atoms with Gasteiger partial charge >= 0.3 is 0 Å². The van der Waals surface area contributed by atoms with Gasteiger partial charge in [0.15, 0.2) is 0 Å². The topological polar surface area (TPSA) is 80.1 Å². The summed E-state index contributed by atoms with van der Waals surface area (Å²) >= 11 is 0. The summed E-state index contributed by atoms with van der Waals surface area (Å²) < 4.78 is 2.02. The molecule has 120 valence electrons. The molecule has 3 heterocycles. The molecule has 1 aliphatic heterocycles. The Hall–Kier alpha value is -2.70. The van der Waals surface area contributed by atoms with E-state index in [0.29, 0.717) is 24.5 Å². The third-order valence-corrected chi connectivity index (χ3v) is 3.97. The molecule has 0 aliphatic carbocycles. The molecule has 3 rings (SSSR count). The molecule has 0 saturated heterocycles. The number of rotatable bonds is 3. The Kier molecular flexibility index (Phi) is 4.10. The van der Waals surface area contributed by atoms with Crippen molar-refractivity contribution < 1.29 is 9.59 Å². The van der Waals surface area contributed by atoms with Crippen LogP contribution in [-0.2, 0) is 22.6 Å². The summed E-state index contributed by atoms with van der Waals surface area (Å²) in [5.41, 5.74) is 1.37.